The van der Waals surface area contributed by atoms with E-state index in [4.69, 9.17) is 10.2 Å². The Hall–Kier alpha value is -2.50. The quantitative estimate of drug-likeness (QED) is 0.346. The summed E-state index contributed by atoms with van der Waals surface area (Å²) < 4.78 is 6.24. The highest BCUT2D eigenvalue weighted by molar-refractivity contribution is 5.79. The van der Waals surface area contributed by atoms with Crippen LogP contribution in [0.25, 0.3) is 5.57 Å². The third-order valence-electron chi connectivity index (χ3n) is 14.2. The van der Waals surface area contributed by atoms with Crippen LogP contribution in [0.5, 0.6) is 0 Å². The van der Waals surface area contributed by atoms with Gasteiger partial charge in [0.1, 0.15) is 11.6 Å². The van der Waals surface area contributed by atoms with Crippen molar-refractivity contribution in [3.63, 3.8) is 0 Å². The Kier molecular flexibility index (Phi) is 5.41. The predicted octanol–water partition coefficient (Wildman–Crippen LogP) is 8.01. The Morgan fingerprint density at radius 3 is 2.46 bits per heavy atom. The second-order valence-electron chi connectivity index (χ2n) is 16.7. The normalized spacial score (nSPS) is 42.4. The molecule has 0 aliphatic heterocycles. The first kappa shape index (κ1) is 27.3. The van der Waals surface area contributed by atoms with Crippen molar-refractivity contribution in [1.29, 1.82) is 0 Å². The number of nitrogens with two attached hydrogens (primary N) is 1. The van der Waals surface area contributed by atoms with Gasteiger partial charge in [-0.2, -0.15) is 5.10 Å². The van der Waals surface area contributed by atoms with Crippen LogP contribution in [0.4, 0.5) is 5.82 Å². The molecule has 222 valence electrons. The van der Waals surface area contributed by atoms with Crippen molar-refractivity contribution in [3.8, 4) is 0 Å². The summed E-state index contributed by atoms with van der Waals surface area (Å²) in [6, 6.07) is 4.12. The molecule has 1 unspecified atom stereocenters. The molecule has 0 radical (unpaired) electrons. The summed E-state index contributed by atoms with van der Waals surface area (Å²) in [4.78, 5) is 13.2. The summed E-state index contributed by atoms with van der Waals surface area (Å²) >= 11 is 0. The summed E-state index contributed by atoms with van der Waals surface area (Å²) in [5.41, 5.74) is 11.0. The lowest BCUT2D eigenvalue weighted by Crippen LogP contribution is -2.65. The Labute approximate surface area is 244 Å². The smallest absolute Gasteiger partial charge is 0.310 e. The van der Waals surface area contributed by atoms with E-state index in [9.17, 15) is 9.90 Å². The van der Waals surface area contributed by atoms with Crippen LogP contribution in [-0.2, 0) is 16.6 Å². The van der Waals surface area contributed by atoms with Crippen LogP contribution in [0.2, 0.25) is 0 Å². The summed E-state index contributed by atoms with van der Waals surface area (Å²) in [5, 5.41) is 18.7. The number of H-pyrrole nitrogens is 1. The van der Waals surface area contributed by atoms with Crippen molar-refractivity contribution in [1.82, 2.24) is 10.2 Å². The number of carboxylic acids is 1. The molecule has 0 saturated heterocycles. The van der Waals surface area contributed by atoms with Crippen molar-refractivity contribution < 1.29 is 14.3 Å². The standard InChI is InChI=1S/C35H49N3O3/c1-30(2)12-14-35(29(39)40)15-13-34(7)26(22(35)19-30)20(23-9-8-16-41-23)17-25-32(5)18-21-27(37-38-28(21)36)31(3,4)24(32)10-11-33(25,34)6/h8-9,16,22,24-25H,10-15,17-19H2,1-7H3,(H,39,40)(H3,36,37,38)/t22-,24-,25?,32-,33+,34+,35-/m0/s1. The van der Waals surface area contributed by atoms with E-state index < -0.39 is 11.4 Å². The topological polar surface area (TPSA) is 105 Å². The number of carboxylic acid groups (broad SMARTS) is 1. The van der Waals surface area contributed by atoms with E-state index in [0.717, 1.165) is 63.5 Å². The second-order valence-corrected chi connectivity index (χ2v) is 16.7. The maximum Gasteiger partial charge on any atom is 0.310 e. The largest absolute Gasteiger partial charge is 0.481 e. The number of anilines is 1. The van der Waals surface area contributed by atoms with E-state index >= 15 is 0 Å². The minimum atomic E-state index is -0.681. The SMILES string of the molecule is CC1(C)CC[C@]2(C(=O)O)CC[C@]3(C)C(=C(c4ccco4)CC4[C@@]5(C)Cc6c(N)n[nH]c6C(C)(C)[C@@H]5CC[C@]43C)[C@@H]2C1. The molecule has 4 N–H and O–H groups in total. The van der Waals surface area contributed by atoms with Crippen LogP contribution in [0, 0.1) is 44.8 Å². The molecule has 7 rings (SSSR count). The number of hydrogen-bond donors (Lipinski definition) is 3. The maximum atomic E-state index is 13.2. The number of aliphatic carboxylic acids is 1. The van der Waals surface area contributed by atoms with Crippen LogP contribution in [0.3, 0.4) is 0 Å². The van der Waals surface area contributed by atoms with Crippen LogP contribution < -0.4 is 5.73 Å². The summed E-state index contributed by atoms with van der Waals surface area (Å²) in [5.74, 6) is 1.95. The van der Waals surface area contributed by atoms with Gasteiger partial charge in [-0.05, 0) is 115 Å². The fraction of sp³-hybridized carbons (Fsp3) is 0.714. The number of carbonyl (C=O) groups is 1. The minimum Gasteiger partial charge on any atom is -0.481 e. The third-order valence-corrected chi connectivity index (χ3v) is 14.2. The summed E-state index contributed by atoms with van der Waals surface area (Å²) in [7, 11) is 0. The lowest BCUT2D eigenvalue weighted by Gasteiger charge is -2.71. The van der Waals surface area contributed by atoms with Gasteiger partial charge in [0.15, 0.2) is 0 Å². The van der Waals surface area contributed by atoms with Gasteiger partial charge in [0.05, 0.1) is 11.7 Å². The number of hydrogen-bond acceptors (Lipinski definition) is 4. The van der Waals surface area contributed by atoms with E-state index in [-0.39, 0.29) is 33.0 Å². The number of nitrogen functional groups attached to an aromatic ring is 1. The Morgan fingerprint density at radius 1 is 1.05 bits per heavy atom. The molecule has 5 aliphatic rings. The second kappa shape index (κ2) is 8.11. The molecule has 3 fully saturated rings. The van der Waals surface area contributed by atoms with E-state index in [2.05, 4.69) is 64.7 Å². The van der Waals surface area contributed by atoms with Gasteiger partial charge in [-0.15, -0.1) is 0 Å². The Bertz CT molecular complexity index is 1450. The fourth-order valence-corrected chi connectivity index (χ4v) is 11.9. The number of fused-ring (bicyclic) bond motifs is 8. The van der Waals surface area contributed by atoms with Gasteiger partial charge < -0.3 is 15.3 Å². The molecule has 6 heteroatoms. The number of nitrogens with zero attached hydrogens (tertiary/aromatic N) is 1. The van der Waals surface area contributed by atoms with Gasteiger partial charge in [0.25, 0.3) is 0 Å². The van der Waals surface area contributed by atoms with E-state index in [1.165, 1.54) is 22.4 Å². The van der Waals surface area contributed by atoms with Crippen molar-refractivity contribution in [2.24, 2.45) is 44.8 Å². The summed E-state index contributed by atoms with van der Waals surface area (Å²) in [6.45, 7) is 17.1. The zero-order valence-corrected chi connectivity index (χ0v) is 26.1. The van der Waals surface area contributed by atoms with E-state index in [0.29, 0.717) is 17.7 Å². The molecule has 6 nitrogen and oxygen atoms in total. The molecule has 0 aromatic carbocycles. The molecule has 0 bridgehead atoms. The molecular weight excluding hydrogens is 510 g/mol. The molecule has 2 aromatic rings. The number of furan rings is 1. The van der Waals surface area contributed by atoms with Crippen LogP contribution >= 0.6 is 0 Å². The average Bonchev–Trinajstić information content (AvgIpc) is 3.54. The molecular formula is C35H49N3O3. The van der Waals surface area contributed by atoms with Gasteiger partial charge >= 0.3 is 5.97 Å². The van der Waals surface area contributed by atoms with Crippen LogP contribution in [0.15, 0.2) is 28.4 Å². The van der Waals surface area contributed by atoms with Gasteiger partial charge in [-0.3, -0.25) is 9.89 Å². The highest BCUT2D eigenvalue weighted by atomic mass is 16.4. The lowest BCUT2D eigenvalue weighted by molar-refractivity contribution is -0.176. The molecule has 0 spiro atoms. The van der Waals surface area contributed by atoms with E-state index in [1.807, 2.05) is 6.07 Å². The van der Waals surface area contributed by atoms with Crippen molar-refractivity contribution in [3.05, 3.63) is 41.0 Å². The Balaban J connectivity index is 1.47. The fourth-order valence-electron chi connectivity index (χ4n) is 11.9. The average molecular weight is 560 g/mol. The van der Waals surface area contributed by atoms with Gasteiger partial charge in [-0.1, -0.05) is 54.0 Å². The van der Waals surface area contributed by atoms with Crippen LogP contribution in [0.1, 0.15) is 117 Å². The highest BCUT2D eigenvalue weighted by Gasteiger charge is 2.70. The van der Waals surface area contributed by atoms with Crippen molar-refractivity contribution in [2.45, 2.75) is 112 Å². The predicted molar refractivity (Wildman–Crippen MR) is 161 cm³/mol. The first-order valence-electron chi connectivity index (χ1n) is 15.9. The zero-order valence-electron chi connectivity index (χ0n) is 26.1. The number of aromatic nitrogens is 2. The Morgan fingerprint density at radius 2 is 1.78 bits per heavy atom. The molecule has 2 heterocycles. The number of rotatable bonds is 2. The first-order valence-corrected chi connectivity index (χ1v) is 15.9. The van der Waals surface area contributed by atoms with E-state index in [1.54, 1.807) is 6.26 Å². The molecule has 3 saturated carbocycles. The zero-order chi connectivity index (χ0) is 29.4. The number of nitrogens with one attached hydrogen (secondary N) is 1. The monoisotopic (exact) mass is 559 g/mol. The maximum absolute atomic E-state index is 13.2. The minimum absolute atomic E-state index is 0.0288. The molecule has 41 heavy (non-hydrogen) atoms. The lowest BCUT2D eigenvalue weighted by atomic mass is 9.33. The highest BCUT2D eigenvalue weighted by Crippen LogP contribution is 2.77. The molecule has 0 amide bonds. The van der Waals surface area contributed by atoms with Gasteiger partial charge in [0, 0.05) is 16.7 Å². The van der Waals surface area contributed by atoms with Gasteiger partial charge in [0.2, 0.25) is 0 Å². The first-order chi connectivity index (χ1) is 19.1. The summed E-state index contributed by atoms with van der Waals surface area (Å²) in [6.07, 6.45) is 10.3. The van der Waals surface area contributed by atoms with Crippen molar-refractivity contribution >= 4 is 17.4 Å². The van der Waals surface area contributed by atoms with Crippen molar-refractivity contribution in [2.75, 3.05) is 5.73 Å². The van der Waals surface area contributed by atoms with Crippen LogP contribution in [-0.4, -0.2) is 21.3 Å². The number of aromatic amines is 1. The van der Waals surface area contributed by atoms with Gasteiger partial charge in [-0.25, -0.2) is 0 Å². The molecule has 5 aliphatic carbocycles. The third kappa shape index (κ3) is 3.25. The molecule has 7 atom stereocenters. The molecule has 2 aromatic heterocycles. The number of allylic oxidation sites excluding steroid dienone is 2.